The van der Waals surface area contributed by atoms with Crippen LogP contribution < -0.4 is 0 Å². The Balaban J connectivity index is 1.76. The van der Waals surface area contributed by atoms with E-state index in [1.165, 1.54) is 0 Å². The second-order valence-electron chi connectivity index (χ2n) is 7.26. The van der Waals surface area contributed by atoms with Crippen molar-refractivity contribution in [3.05, 3.63) is 0 Å². The normalized spacial score (nSPS) is 19.3. The summed E-state index contributed by atoms with van der Waals surface area (Å²) in [6.45, 7) is 9.76. The van der Waals surface area contributed by atoms with Gasteiger partial charge in [0.15, 0.2) is 0 Å². The first kappa shape index (κ1) is 19.5. The van der Waals surface area contributed by atoms with Crippen molar-refractivity contribution in [2.75, 3.05) is 45.9 Å². The lowest BCUT2D eigenvalue weighted by Gasteiger charge is -2.38. The predicted molar refractivity (Wildman–Crippen MR) is 93.9 cm³/mol. The number of ether oxygens (including phenoxy) is 1. The highest BCUT2D eigenvalue weighted by Gasteiger charge is 2.32. The third-order valence-electron chi connectivity index (χ3n) is 4.90. The first-order valence-corrected chi connectivity index (χ1v) is 9.40. The van der Waals surface area contributed by atoms with Crippen LogP contribution >= 0.6 is 0 Å². The van der Waals surface area contributed by atoms with Crippen molar-refractivity contribution in [1.82, 2.24) is 14.7 Å². The summed E-state index contributed by atoms with van der Waals surface area (Å²) in [7, 11) is 0. The van der Waals surface area contributed by atoms with Gasteiger partial charge < -0.3 is 19.4 Å². The number of piperazine rings is 1. The Morgan fingerprint density at radius 2 is 1.48 bits per heavy atom. The fourth-order valence-electron chi connectivity index (χ4n) is 3.44. The van der Waals surface area contributed by atoms with Crippen LogP contribution in [-0.2, 0) is 14.3 Å². The van der Waals surface area contributed by atoms with E-state index in [0.717, 1.165) is 12.8 Å². The average Bonchev–Trinajstić information content (AvgIpc) is 2.61. The highest BCUT2D eigenvalue weighted by Crippen LogP contribution is 2.22. The summed E-state index contributed by atoms with van der Waals surface area (Å²) in [6, 6.07) is 0. The molecule has 2 rings (SSSR count). The number of carbonyl (C=O) groups is 3. The lowest BCUT2D eigenvalue weighted by atomic mass is 9.94. The number of amides is 3. The lowest BCUT2D eigenvalue weighted by Crippen LogP contribution is -2.53. The van der Waals surface area contributed by atoms with Crippen LogP contribution in [0.2, 0.25) is 0 Å². The molecule has 0 aromatic rings. The molecular weight excluding hydrogens is 322 g/mol. The molecule has 0 bridgehead atoms. The first-order chi connectivity index (χ1) is 11.9. The van der Waals surface area contributed by atoms with E-state index in [1.807, 2.05) is 23.6 Å². The summed E-state index contributed by atoms with van der Waals surface area (Å²) in [5.41, 5.74) is 0. The van der Waals surface area contributed by atoms with Gasteiger partial charge in [0.25, 0.3) is 0 Å². The van der Waals surface area contributed by atoms with Gasteiger partial charge in [-0.2, -0.15) is 0 Å². The molecular formula is C18H31N3O4. The van der Waals surface area contributed by atoms with E-state index in [1.54, 1.807) is 11.8 Å². The summed E-state index contributed by atoms with van der Waals surface area (Å²) in [5.74, 6) is 0.725. The molecule has 0 aliphatic carbocycles. The molecule has 0 spiro atoms. The minimum atomic E-state index is -0.299. The maximum Gasteiger partial charge on any atom is 0.409 e. The fraction of sp³-hybridized carbons (Fsp3) is 0.833. The molecule has 2 aliphatic heterocycles. The highest BCUT2D eigenvalue weighted by molar-refractivity contribution is 5.80. The van der Waals surface area contributed by atoms with E-state index in [4.69, 9.17) is 4.74 Å². The molecule has 2 heterocycles. The standard InChI is InChI=1S/C18H31N3O4/c1-4-25-18(24)21-11-9-20(10-12-21)17(23)15-5-7-19(8-6-15)16(22)13-14(2)3/h14-15H,4-13H2,1-3H3. The third kappa shape index (κ3) is 5.34. The van der Waals surface area contributed by atoms with Crippen LogP contribution in [0.4, 0.5) is 4.79 Å². The molecule has 142 valence electrons. The molecule has 7 nitrogen and oxygen atoms in total. The van der Waals surface area contributed by atoms with E-state index >= 15 is 0 Å². The molecule has 0 N–H and O–H groups in total. The van der Waals surface area contributed by atoms with Crippen LogP contribution in [0, 0.1) is 11.8 Å². The number of rotatable bonds is 4. The van der Waals surface area contributed by atoms with Crippen molar-refractivity contribution in [1.29, 1.82) is 0 Å². The van der Waals surface area contributed by atoms with Gasteiger partial charge in [-0.25, -0.2) is 4.79 Å². The van der Waals surface area contributed by atoms with E-state index in [2.05, 4.69) is 0 Å². The quantitative estimate of drug-likeness (QED) is 0.769. The summed E-state index contributed by atoms with van der Waals surface area (Å²) < 4.78 is 5.00. The minimum Gasteiger partial charge on any atom is -0.450 e. The van der Waals surface area contributed by atoms with Crippen molar-refractivity contribution in [2.24, 2.45) is 11.8 Å². The number of nitrogens with zero attached hydrogens (tertiary/aromatic N) is 3. The van der Waals surface area contributed by atoms with Gasteiger partial charge in [-0.05, 0) is 25.7 Å². The maximum absolute atomic E-state index is 12.7. The number of hydrogen-bond donors (Lipinski definition) is 0. The van der Waals surface area contributed by atoms with E-state index < -0.39 is 0 Å². The second-order valence-corrected chi connectivity index (χ2v) is 7.26. The molecule has 0 aromatic heterocycles. The van der Waals surface area contributed by atoms with Gasteiger partial charge >= 0.3 is 6.09 Å². The average molecular weight is 353 g/mol. The maximum atomic E-state index is 12.7. The van der Waals surface area contributed by atoms with Gasteiger partial charge in [0.2, 0.25) is 11.8 Å². The summed E-state index contributed by atoms with van der Waals surface area (Å²) >= 11 is 0. The molecule has 7 heteroatoms. The zero-order valence-corrected chi connectivity index (χ0v) is 15.7. The van der Waals surface area contributed by atoms with Crippen LogP contribution in [0.5, 0.6) is 0 Å². The van der Waals surface area contributed by atoms with Crippen LogP contribution in [0.1, 0.15) is 40.0 Å². The van der Waals surface area contributed by atoms with Crippen molar-refractivity contribution in [2.45, 2.75) is 40.0 Å². The first-order valence-electron chi connectivity index (χ1n) is 9.40. The Hall–Kier alpha value is -1.79. The molecule has 2 aliphatic rings. The third-order valence-corrected chi connectivity index (χ3v) is 4.90. The topological polar surface area (TPSA) is 70.2 Å². The molecule has 25 heavy (non-hydrogen) atoms. The Morgan fingerprint density at radius 1 is 0.920 bits per heavy atom. The Kier molecular flexibility index (Phi) is 7.08. The molecule has 0 aromatic carbocycles. The second kappa shape index (κ2) is 9.06. The van der Waals surface area contributed by atoms with Gasteiger partial charge in [-0.1, -0.05) is 13.8 Å². The van der Waals surface area contributed by atoms with Gasteiger partial charge in [0, 0.05) is 51.6 Å². The Labute approximate surface area is 150 Å². The predicted octanol–water partition coefficient (Wildman–Crippen LogP) is 1.57. The molecule has 2 fully saturated rings. The van der Waals surface area contributed by atoms with Crippen molar-refractivity contribution >= 4 is 17.9 Å². The summed E-state index contributed by atoms with van der Waals surface area (Å²) in [6.07, 6.45) is 1.75. The van der Waals surface area contributed by atoms with Crippen LogP contribution in [0.25, 0.3) is 0 Å². The van der Waals surface area contributed by atoms with E-state index in [9.17, 15) is 14.4 Å². The number of piperidine rings is 1. The number of carbonyl (C=O) groups excluding carboxylic acids is 3. The summed E-state index contributed by atoms with van der Waals surface area (Å²) in [5, 5.41) is 0. The zero-order chi connectivity index (χ0) is 18.4. The molecule has 0 radical (unpaired) electrons. The van der Waals surface area contributed by atoms with Gasteiger partial charge in [-0.15, -0.1) is 0 Å². The monoisotopic (exact) mass is 353 g/mol. The van der Waals surface area contributed by atoms with Crippen molar-refractivity contribution in [3.63, 3.8) is 0 Å². The van der Waals surface area contributed by atoms with Crippen LogP contribution in [0.3, 0.4) is 0 Å². The van der Waals surface area contributed by atoms with Crippen LogP contribution in [0.15, 0.2) is 0 Å². The van der Waals surface area contributed by atoms with Crippen molar-refractivity contribution in [3.8, 4) is 0 Å². The molecule has 0 unspecified atom stereocenters. The molecule has 3 amide bonds. The van der Waals surface area contributed by atoms with Gasteiger partial charge in [0.1, 0.15) is 0 Å². The smallest absolute Gasteiger partial charge is 0.409 e. The van der Waals surface area contributed by atoms with E-state index in [0.29, 0.717) is 58.2 Å². The van der Waals surface area contributed by atoms with E-state index in [-0.39, 0.29) is 23.8 Å². The number of likely N-dealkylation sites (tertiary alicyclic amines) is 1. The van der Waals surface area contributed by atoms with Gasteiger partial charge in [0.05, 0.1) is 6.61 Å². The Bertz CT molecular complexity index is 479. The summed E-state index contributed by atoms with van der Waals surface area (Å²) in [4.78, 5) is 41.9. The fourth-order valence-corrected chi connectivity index (χ4v) is 3.44. The number of hydrogen-bond acceptors (Lipinski definition) is 4. The molecule has 0 atom stereocenters. The highest BCUT2D eigenvalue weighted by atomic mass is 16.6. The van der Waals surface area contributed by atoms with Crippen molar-refractivity contribution < 1.29 is 19.1 Å². The van der Waals surface area contributed by atoms with Gasteiger partial charge in [-0.3, -0.25) is 9.59 Å². The SMILES string of the molecule is CCOC(=O)N1CCN(C(=O)C2CCN(C(=O)CC(C)C)CC2)CC1. The molecule has 0 saturated carbocycles. The zero-order valence-electron chi connectivity index (χ0n) is 15.7. The van der Waals surface area contributed by atoms with Crippen LogP contribution in [-0.4, -0.2) is 78.5 Å². The lowest BCUT2D eigenvalue weighted by molar-refractivity contribution is -0.142. The Morgan fingerprint density at radius 3 is 2.00 bits per heavy atom. The largest absolute Gasteiger partial charge is 0.450 e. The minimum absolute atomic E-state index is 0.00255. The molecule has 2 saturated heterocycles.